The van der Waals surface area contributed by atoms with Gasteiger partial charge in [-0.2, -0.15) is 5.26 Å². The third-order valence-corrected chi connectivity index (χ3v) is 3.63. The molecule has 0 bridgehead atoms. The van der Waals surface area contributed by atoms with Crippen molar-refractivity contribution in [2.75, 3.05) is 24.3 Å². The Labute approximate surface area is 143 Å². The molecule has 1 aromatic carbocycles. The minimum absolute atomic E-state index is 0.0479. The Morgan fingerprint density at radius 2 is 1.92 bits per heavy atom. The topological polar surface area (TPSA) is 97.3 Å². The molecular weight excluding hydrogens is 306 g/mol. The summed E-state index contributed by atoms with van der Waals surface area (Å²) in [4.78, 5) is 25.9. The van der Waals surface area contributed by atoms with E-state index < -0.39 is 12.1 Å². The van der Waals surface area contributed by atoms with Gasteiger partial charge in [-0.1, -0.05) is 6.92 Å². The van der Waals surface area contributed by atoms with Gasteiger partial charge in [0, 0.05) is 25.8 Å². The zero-order valence-electron chi connectivity index (χ0n) is 14.8. The van der Waals surface area contributed by atoms with E-state index in [2.05, 4.69) is 16.0 Å². The van der Waals surface area contributed by atoms with E-state index in [1.54, 1.807) is 25.1 Å². The van der Waals surface area contributed by atoms with E-state index >= 15 is 0 Å². The number of carbonyl (C=O) groups excluding carboxylic acids is 2. The van der Waals surface area contributed by atoms with Gasteiger partial charge in [0.15, 0.2) is 0 Å². The van der Waals surface area contributed by atoms with E-state index in [0.29, 0.717) is 11.3 Å². The summed E-state index contributed by atoms with van der Waals surface area (Å²) in [6, 6.07) is 6.02. The van der Waals surface area contributed by atoms with Gasteiger partial charge in [-0.05, 0) is 38.5 Å². The first-order valence-electron chi connectivity index (χ1n) is 7.87. The fourth-order valence-electron chi connectivity index (χ4n) is 1.90. The molecule has 0 heterocycles. The highest BCUT2D eigenvalue weighted by Gasteiger charge is 2.17. The number of benzene rings is 1. The first-order valence-corrected chi connectivity index (χ1v) is 7.87. The standard InChI is InChI=1S/C17H25N5O2/c1-6-11(2)19-16(23)12(3)20-17(24)21-15-9-14(22(4)5)8-7-13(15)10-18/h7-9,11-12H,6H2,1-5H3,(H,19,23)(H2,20,21,24)/t11-,12-/m1/s1. The molecule has 7 heteroatoms. The Kier molecular flexibility index (Phi) is 7.05. The smallest absolute Gasteiger partial charge is 0.319 e. The molecule has 0 spiro atoms. The predicted molar refractivity (Wildman–Crippen MR) is 95.0 cm³/mol. The molecule has 0 aromatic heterocycles. The number of nitrogens with one attached hydrogen (secondary N) is 3. The minimum atomic E-state index is -0.679. The number of hydrogen-bond donors (Lipinski definition) is 3. The molecule has 130 valence electrons. The van der Waals surface area contributed by atoms with Crippen molar-refractivity contribution in [3.8, 4) is 6.07 Å². The van der Waals surface area contributed by atoms with Gasteiger partial charge < -0.3 is 20.9 Å². The van der Waals surface area contributed by atoms with Crippen molar-refractivity contribution < 1.29 is 9.59 Å². The molecule has 0 radical (unpaired) electrons. The Morgan fingerprint density at radius 3 is 2.46 bits per heavy atom. The molecule has 2 atom stereocenters. The predicted octanol–water partition coefficient (Wildman–Crippen LogP) is 2.05. The number of nitriles is 1. The summed E-state index contributed by atoms with van der Waals surface area (Å²) in [5, 5.41) is 17.2. The summed E-state index contributed by atoms with van der Waals surface area (Å²) in [5.41, 5.74) is 1.61. The molecule has 1 aromatic rings. The molecular formula is C17H25N5O2. The number of urea groups is 1. The lowest BCUT2D eigenvalue weighted by Crippen LogP contribution is -2.48. The molecule has 0 saturated heterocycles. The maximum absolute atomic E-state index is 12.1. The van der Waals surface area contributed by atoms with Gasteiger partial charge in [-0.3, -0.25) is 4.79 Å². The summed E-state index contributed by atoms with van der Waals surface area (Å²) in [6.07, 6.45) is 0.813. The SMILES string of the molecule is CC[C@@H](C)NC(=O)[C@@H](C)NC(=O)Nc1cc(N(C)C)ccc1C#N. The van der Waals surface area contributed by atoms with Crippen molar-refractivity contribution in [3.63, 3.8) is 0 Å². The summed E-state index contributed by atoms with van der Waals surface area (Å²) in [7, 11) is 3.74. The van der Waals surface area contributed by atoms with Gasteiger partial charge in [-0.15, -0.1) is 0 Å². The van der Waals surface area contributed by atoms with Crippen molar-refractivity contribution in [2.24, 2.45) is 0 Å². The van der Waals surface area contributed by atoms with Crippen LogP contribution in [0.25, 0.3) is 0 Å². The van der Waals surface area contributed by atoms with Crippen LogP contribution in [0.2, 0.25) is 0 Å². The summed E-state index contributed by atoms with van der Waals surface area (Å²) in [5.74, 6) is -0.248. The Balaban J connectivity index is 2.76. The summed E-state index contributed by atoms with van der Waals surface area (Å²) in [6.45, 7) is 5.48. The molecule has 1 rings (SSSR count). The normalized spacial score (nSPS) is 12.5. The highest BCUT2D eigenvalue weighted by molar-refractivity contribution is 5.95. The van der Waals surface area contributed by atoms with Crippen LogP contribution in [0, 0.1) is 11.3 Å². The van der Waals surface area contributed by atoms with Gasteiger partial charge in [-0.25, -0.2) is 4.79 Å². The first-order chi connectivity index (χ1) is 11.3. The fraction of sp³-hybridized carbons (Fsp3) is 0.471. The van der Waals surface area contributed by atoms with Crippen molar-refractivity contribution in [2.45, 2.75) is 39.3 Å². The Hall–Kier alpha value is -2.75. The molecule has 0 fully saturated rings. The van der Waals surface area contributed by atoms with E-state index in [1.165, 1.54) is 0 Å². The first kappa shape index (κ1) is 19.3. The Morgan fingerprint density at radius 1 is 1.25 bits per heavy atom. The number of amides is 3. The van der Waals surface area contributed by atoms with E-state index in [1.807, 2.05) is 38.9 Å². The number of nitrogens with zero attached hydrogens (tertiary/aromatic N) is 2. The number of hydrogen-bond acceptors (Lipinski definition) is 4. The van der Waals surface area contributed by atoms with E-state index in [9.17, 15) is 9.59 Å². The van der Waals surface area contributed by atoms with Crippen LogP contribution in [0.4, 0.5) is 16.2 Å². The van der Waals surface area contributed by atoms with Crippen LogP contribution in [0.5, 0.6) is 0 Å². The second kappa shape index (κ2) is 8.77. The van der Waals surface area contributed by atoms with Gasteiger partial charge in [0.25, 0.3) is 0 Å². The quantitative estimate of drug-likeness (QED) is 0.743. The molecule has 3 amide bonds. The number of carbonyl (C=O) groups is 2. The zero-order valence-corrected chi connectivity index (χ0v) is 14.8. The van der Waals surface area contributed by atoms with Crippen LogP contribution in [-0.2, 0) is 4.79 Å². The van der Waals surface area contributed by atoms with Crippen LogP contribution in [0.1, 0.15) is 32.8 Å². The third-order valence-electron chi connectivity index (χ3n) is 3.63. The maximum atomic E-state index is 12.1. The fourth-order valence-corrected chi connectivity index (χ4v) is 1.90. The second-order valence-electron chi connectivity index (χ2n) is 5.87. The van der Waals surface area contributed by atoms with Gasteiger partial charge in [0.05, 0.1) is 11.3 Å². The van der Waals surface area contributed by atoms with Crippen LogP contribution in [0.15, 0.2) is 18.2 Å². The molecule has 0 aliphatic heterocycles. The van der Waals surface area contributed by atoms with Crippen molar-refractivity contribution in [1.82, 2.24) is 10.6 Å². The van der Waals surface area contributed by atoms with Crippen LogP contribution in [-0.4, -0.2) is 38.1 Å². The summed E-state index contributed by atoms with van der Waals surface area (Å²) < 4.78 is 0. The minimum Gasteiger partial charge on any atom is -0.378 e. The van der Waals surface area contributed by atoms with Crippen LogP contribution >= 0.6 is 0 Å². The lowest BCUT2D eigenvalue weighted by Gasteiger charge is -2.19. The number of anilines is 2. The third kappa shape index (κ3) is 5.47. The van der Waals surface area contributed by atoms with E-state index in [4.69, 9.17) is 5.26 Å². The van der Waals surface area contributed by atoms with Crippen molar-refractivity contribution >= 4 is 23.3 Å². The molecule has 0 aliphatic carbocycles. The monoisotopic (exact) mass is 331 g/mol. The molecule has 0 saturated carbocycles. The molecule has 0 unspecified atom stereocenters. The summed E-state index contributed by atoms with van der Waals surface area (Å²) >= 11 is 0. The molecule has 7 nitrogen and oxygen atoms in total. The van der Waals surface area contributed by atoms with Crippen molar-refractivity contribution in [1.29, 1.82) is 5.26 Å². The highest BCUT2D eigenvalue weighted by atomic mass is 16.2. The van der Waals surface area contributed by atoms with Gasteiger partial charge in [0.2, 0.25) is 5.91 Å². The molecule has 0 aliphatic rings. The zero-order chi connectivity index (χ0) is 18.3. The van der Waals surface area contributed by atoms with Crippen LogP contribution < -0.4 is 20.9 Å². The molecule has 3 N–H and O–H groups in total. The second-order valence-corrected chi connectivity index (χ2v) is 5.87. The largest absolute Gasteiger partial charge is 0.378 e. The van der Waals surface area contributed by atoms with Gasteiger partial charge >= 0.3 is 6.03 Å². The molecule has 24 heavy (non-hydrogen) atoms. The van der Waals surface area contributed by atoms with Crippen LogP contribution in [0.3, 0.4) is 0 Å². The maximum Gasteiger partial charge on any atom is 0.319 e. The van der Waals surface area contributed by atoms with Gasteiger partial charge in [0.1, 0.15) is 12.1 Å². The lowest BCUT2D eigenvalue weighted by molar-refractivity contribution is -0.123. The Bertz CT molecular complexity index is 636. The lowest BCUT2D eigenvalue weighted by atomic mass is 10.1. The highest BCUT2D eigenvalue weighted by Crippen LogP contribution is 2.22. The van der Waals surface area contributed by atoms with Crippen molar-refractivity contribution in [3.05, 3.63) is 23.8 Å². The average Bonchev–Trinajstić information content (AvgIpc) is 2.54. The van der Waals surface area contributed by atoms with E-state index in [0.717, 1.165) is 12.1 Å². The van der Waals surface area contributed by atoms with E-state index in [-0.39, 0.29) is 11.9 Å². The average molecular weight is 331 g/mol. The number of rotatable bonds is 6.